The molecule has 9 nitrogen and oxygen atoms in total. The van der Waals surface area contributed by atoms with E-state index in [-0.39, 0.29) is 5.82 Å². The number of methoxy groups -OCH3 is 1. The SMILES string of the molecule is COc1ncnc(C2CC2)c1-c1nn(C)c2c1CN(c1ccc(-c3nc(C(F)(F)F)cn3C)nc1)C2. The number of aromatic nitrogens is 7. The molecule has 0 atom stereocenters. The molecule has 1 aliphatic heterocycles. The highest BCUT2D eigenvalue weighted by Gasteiger charge is 2.36. The third kappa shape index (κ3) is 3.67. The Labute approximate surface area is 204 Å². The number of hydrogen-bond donors (Lipinski definition) is 0. The molecule has 6 rings (SSSR count). The van der Waals surface area contributed by atoms with Crippen LogP contribution in [0.2, 0.25) is 0 Å². The van der Waals surface area contributed by atoms with Crippen molar-refractivity contribution in [2.24, 2.45) is 14.1 Å². The van der Waals surface area contributed by atoms with Crippen molar-refractivity contribution in [3.05, 3.63) is 53.5 Å². The number of aryl methyl sites for hydroxylation is 2. The van der Waals surface area contributed by atoms with Crippen LogP contribution in [-0.2, 0) is 33.4 Å². The minimum Gasteiger partial charge on any atom is -0.480 e. The quantitative estimate of drug-likeness (QED) is 0.411. The summed E-state index contributed by atoms with van der Waals surface area (Å²) in [6.07, 6.45) is 1.85. The highest BCUT2D eigenvalue weighted by atomic mass is 19.4. The number of halogens is 3. The molecule has 4 aromatic heterocycles. The lowest BCUT2D eigenvalue weighted by Gasteiger charge is -2.19. The lowest BCUT2D eigenvalue weighted by molar-refractivity contribution is -0.140. The Kier molecular flexibility index (Phi) is 5.02. The molecule has 0 aromatic carbocycles. The van der Waals surface area contributed by atoms with Gasteiger partial charge >= 0.3 is 6.18 Å². The summed E-state index contributed by atoms with van der Waals surface area (Å²) in [5.41, 5.74) is 5.08. The molecule has 1 aliphatic carbocycles. The van der Waals surface area contributed by atoms with Gasteiger partial charge in [0.25, 0.3) is 0 Å². The third-order valence-electron chi connectivity index (χ3n) is 6.71. The summed E-state index contributed by atoms with van der Waals surface area (Å²) >= 11 is 0. The Morgan fingerprint density at radius 3 is 2.50 bits per heavy atom. The number of anilines is 1. The first-order chi connectivity index (χ1) is 17.2. The molecule has 0 saturated heterocycles. The lowest BCUT2D eigenvalue weighted by Crippen LogP contribution is -2.17. The van der Waals surface area contributed by atoms with E-state index in [0.29, 0.717) is 30.6 Å². The van der Waals surface area contributed by atoms with Crippen LogP contribution in [0.15, 0.2) is 30.9 Å². The summed E-state index contributed by atoms with van der Waals surface area (Å²) in [4.78, 5) is 19.2. The van der Waals surface area contributed by atoms with E-state index in [0.717, 1.165) is 52.9 Å². The molecule has 0 bridgehead atoms. The van der Waals surface area contributed by atoms with Crippen LogP contribution >= 0.6 is 0 Å². The first-order valence-corrected chi connectivity index (χ1v) is 11.5. The van der Waals surface area contributed by atoms with Crippen LogP contribution < -0.4 is 9.64 Å². The van der Waals surface area contributed by atoms with Gasteiger partial charge in [0.15, 0.2) is 11.5 Å². The Bertz CT molecular complexity index is 1450. The fraction of sp³-hybridized carbons (Fsp3) is 0.375. The topological polar surface area (TPSA) is 86.8 Å². The van der Waals surface area contributed by atoms with Crippen molar-refractivity contribution in [1.29, 1.82) is 0 Å². The molecule has 0 N–H and O–H groups in total. The van der Waals surface area contributed by atoms with Crippen LogP contribution in [0.1, 0.15) is 41.4 Å². The molecule has 1 saturated carbocycles. The second kappa shape index (κ2) is 8.04. The Balaban J connectivity index is 1.30. The van der Waals surface area contributed by atoms with E-state index in [1.54, 1.807) is 19.4 Å². The number of ether oxygens (including phenoxy) is 1. The van der Waals surface area contributed by atoms with Gasteiger partial charge in [-0.25, -0.2) is 15.0 Å². The molecule has 36 heavy (non-hydrogen) atoms. The van der Waals surface area contributed by atoms with Crippen molar-refractivity contribution in [2.75, 3.05) is 12.0 Å². The molecule has 4 aromatic rings. The predicted octanol–water partition coefficient (Wildman–Crippen LogP) is 4.10. The largest absolute Gasteiger partial charge is 0.480 e. The van der Waals surface area contributed by atoms with E-state index in [1.807, 2.05) is 17.8 Å². The number of fused-ring (bicyclic) bond motifs is 1. The van der Waals surface area contributed by atoms with Crippen molar-refractivity contribution >= 4 is 5.69 Å². The summed E-state index contributed by atoms with van der Waals surface area (Å²) in [7, 11) is 5.04. The zero-order chi connectivity index (χ0) is 25.2. The smallest absolute Gasteiger partial charge is 0.434 e. The van der Waals surface area contributed by atoms with Crippen LogP contribution in [0.5, 0.6) is 5.88 Å². The molecule has 5 heterocycles. The van der Waals surface area contributed by atoms with Crippen molar-refractivity contribution in [3.8, 4) is 28.7 Å². The summed E-state index contributed by atoms with van der Waals surface area (Å²) in [5.74, 6) is 1.08. The van der Waals surface area contributed by atoms with Crippen molar-refractivity contribution in [3.63, 3.8) is 0 Å². The number of hydrogen-bond acceptors (Lipinski definition) is 7. The maximum Gasteiger partial charge on any atom is 0.434 e. The van der Waals surface area contributed by atoms with E-state index in [1.165, 1.54) is 17.9 Å². The second-order valence-corrected chi connectivity index (χ2v) is 9.13. The van der Waals surface area contributed by atoms with E-state index < -0.39 is 11.9 Å². The van der Waals surface area contributed by atoms with E-state index >= 15 is 0 Å². The van der Waals surface area contributed by atoms with Gasteiger partial charge < -0.3 is 14.2 Å². The first kappa shape index (κ1) is 22.5. The van der Waals surface area contributed by atoms with Gasteiger partial charge in [0, 0.05) is 38.3 Å². The zero-order valence-electron chi connectivity index (χ0n) is 19.9. The van der Waals surface area contributed by atoms with Gasteiger partial charge in [0.2, 0.25) is 5.88 Å². The van der Waals surface area contributed by atoms with E-state index in [2.05, 4.69) is 24.8 Å². The summed E-state index contributed by atoms with van der Waals surface area (Å²) in [6.45, 7) is 1.22. The average Bonchev–Trinajstić information content (AvgIpc) is 3.36. The fourth-order valence-electron chi connectivity index (χ4n) is 4.75. The maximum atomic E-state index is 13.0. The Morgan fingerprint density at radius 1 is 1.06 bits per heavy atom. The monoisotopic (exact) mass is 496 g/mol. The molecule has 1 fully saturated rings. The Hall–Kier alpha value is -3.96. The van der Waals surface area contributed by atoms with E-state index in [4.69, 9.17) is 9.84 Å². The lowest BCUT2D eigenvalue weighted by atomic mass is 10.0. The minimum absolute atomic E-state index is 0.161. The van der Waals surface area contributed by atoms with Gasteiger partial charge in [-0.1, -0.05) is 0 Å². The Morgan fingerprint density at radius 2 is 1.86 bits per heavy atom. The number of pyridine rings is 1. The highest BCUT2D eigenvalue weighted by molar-refractivity contribution is 5.74. The zero-order valence-corrected chi connectivity index (χ0v) is 19.9. The van der Waals surface area contributed by atoms with Gasteiger partial charge in [0.1, 0.15) is 17.7 Å². The van der Waals surface area contributed by atoms with Crippen molar-refractivity contribution in [2.45, 2.75) is 38.0 Å². The van der Waals surface area contributed by atoms with Crippen LogP contribution in [0.3, 0.4) is 0 Å². The van der Waals surface area contributed by atoms with Gasteiger partial charge in [-0.05, 0) is 25.0 Å². The molecule has 0 unspecified atom stereocenters. The molecule has 0 radical (unpaired) electrons. The number of alkyl halides is 3. The highest BCUT2D eigenvalue weighted by Crippen LogP contribution is 2.47. The van der Waals surface area contributed by atoms with Gasteiger partial charge in [-0.15, -0.1) is 0 Å². The minimum atomic E-state index is -4.51. The van der Waals surface area contributed by atoms with E-state index in [9.17, 15) is 13.2 Å². The van der Waals surface area contributed by atoms with Crippen molar-refractivity contribution in [1.82, 2.24) is 34.3 Å². The van der Waals surface area contributed by atoms with Crippen LogP contribution in [-0.4, -0.2) is 41.4 Å². The van der Waals surface area contributed by atoms with Gasteiger partial charge in [-0.2, -0.15) is 18.3 Å². The molecular formula is C24H23F3N8O. The number of imidazole rings is 1. The molecule has 0 amide bonds. The first-order valence-electron chi connectivity index (χ1n) is 11.5. The van der Waals surface area contributed by atoms with Crippen LogP contribution in [0.25, 0.3) is 22.8 Å². The average molecular weight is 496 g/mol. The predicted molar refractivity (Wildman–Crippen MR) is 124 cm³/mol. The molecular weight excluding hydrogens is 473 g/mol. The molecule has 2 aliphatic rings. The summed E-state index contributed by atoms with van der Waals surface area (Å²) in [6, 6.07) is 3.55. The second-order valence-electron chi connectivity index (χ2n) is 9.13. The molecule has 0 spiro atoms. The third-order valence-corrected chi connectivity index (χ3v) is 6.71. The number of nitrogens with zero attached hydrogens (tertiary/aromatic N) is 8. The standard InChI is InChI=1S/C24H23F3N8O/c1-33-11-18(24(25,26)27)31-22(33)16-7-6-14(8-28-16)35-9-15-17(10-35)34(2)32-21(15)19-20(13-4-5-13)29-12-30-23(19)36-3/h6-8,11-13H,4-5,9-10H2,1-3H3. The normalized spacial score (nSPS) is 15.4. The fourth-order valence-corrected chi connectivity index (χ4v) is 4.75. The van der Waals surface area contributed by atoms with Gasteiger partial charge in [-0.3, -0.25) is 9.67 Å². The molecule has 186 valence electrons. The maximum absolute atomic E-state index is 13.0. The van der Waals surface area contributed by atoms with Crippen molar-refractivity contribution < 1.29 is 17.9 Å². The van der Waals surface area contributed by atoms with Crippen LogP contribution in [0, 0.1) is 0 Å². The molecule has 12 heteroatoms. The van der Waals surface area contributed by atoms with Gasteiger partial charge in [0.05, 0.1) is 42.5 Å². The van der Waals surface area contributed by atoms with Crippen LogP contribution in [0.4, 0.5) is 18.9 Å². The summed E-state index contributed by atoms with van der Waals surface area (Å²) < 4.78 is 47.9. The number of rotatable bonds is 5. The summed E-state index contributed by atoms with van der Waals surface area (Å²) in [5, 5.41) is 4.81.